The standard InChI is InChI=1S/C17H18F3N3O2/c1-16(21,13-5-3-2-4-6-13)15(24)23-10-12-7-8-22-14(9-12)25-11-17(18,19)20/h2-9H,10-11,21H2,1H3,(H,23,24). The van der Waals surface area contributed by atoms with Gasteiger partial charge in [0.05, 0.1) is 0 Å². The number of hydrogen-bond acceptors (Lipinski definition) is 4. The second kappa shape index (κ2) is 7.52. The summed E-state index contributed by atoms with van der Waals surface area (Å²) < 4.78 is 41.1. The van der Waals surface area contributed by atoms with Crippen LogP contribution in [-0.2, 0) is 16.9 Å². The van der Waals surface area contributed by atoms with Gasteiger partial charge in [0.25, 0.3) is 0 Å². The lowest BCUT2D eigenvalue weighted by molar-refractivity contribution is -0.154. The van der Waals surface area contributed by atoms with Crippen LogP contribution in [0.3, 0.4) is 0 Å². The number of halogens is 3. The number of ether oxygens (including phenoxy) is 1. The van der Waals surface area contributed by atoms with Gasteiger partial charge in [-0.05, 0) is 24.1 Å². The number of carbonyl (C=O) groups excluding carboxylic acids is 1. The van der Waals surface area contributed by atoms with Crippen LogP contribution in [0.15, 0.2) is 48.7 Å². The van der Waals surface area contributed by atoms with Crippen molar-refractivity contribution in [3.63, 3.8) is 0 Å². The van der Waals surface area contributed by atoms with Gasteiger partial charge in [-0.1, -0.05) is 30.3 Å². The van der Waals surface area contributed by atoms with Crippen molar-refractivity contribution in [2.45, 2.75) is 25.2 Å². The van der Waals surface area contributed by atoms with E-state index in [4.69, 9.17) is 5.73 Å². The molecule has 25 heavy (non-hydrogen) atoms. The maximum atomic E-state index is 12.3. The van der Waals surface area contributed by atoms with Gasteiger partial charge in [-0.15, -0.1) is 0 Å². The molecular formula is C17H18F3N3O2. The van der Waals surface area contributed by atoms with Crippen molar-refractivity contribution in [3.05, 3.63) is 59.8 Å². The second-order valence-electron chi connectivity index (χ2n) is 5.66. The monoisotopic (exact) mass is 353 g/mol. The molecular weight excluding hydrogens is 335 g/mol. The minimum absolute atomic E-state index is 0.0867. The lowest BCUT2D eigenvalue weighted by atomic mass is 9.92. The number of alkyl halides is 3. The van der Waals surface area contributed by atoms with Crippen LogP contribution < -0.4 is 15.8 Å². The minimum atomic E-state index is -4.44. The van der Waals surface area contributed by atoms with E-state index in [1.807, 2.05) is 6.07 Å². The molecule has 134 valence electrons. The maximum Gasteiger partial charge on any atom is 0.422 e. The number of nitrogens with two attached hydrogens (primary N) is 1. The van der Waals surface area contributed by atoms with Crippen molar-refractivity contribution in [2.75, 3.05) is 6.61 Å². The quantitative estimate of drug-likeness (QED) is 0.837. The minimum Gasteiger partial charge on any atom is -0.468 e. The Morgan fingerprint density at radius 1 is 1.24 bits per heavy atom. The van der Waals surface area contributed by atoms with Crippen molar-refractivity contribution < 1.29 is 22.7 Å². The number of rotatable bonds is 6. The normalized spacial score (nSPS) is 13.8. The summed E-state index contributed by atoms with van der Waals surface area (Å²) in [5.41, 5.74) is 6.06. The van der Waals surface area contributed by atoms with E-state index >= 15 is 0 Å². The number of aromatic nitrogens is 1. The van der Waals surface area contributed by atoms with E-state index in [1.165, 1.54) is 12.3 Å². The van der Waals surface area contributed by atoms with E-state index in [0.29, 0.717) is 11.1 Å². The number of amides is 1. The van der Waals surface area contributed by atoms with E-state index < -0.39 is 24.2 Å². The molecule has 0 fully saturated rings. The fraction of sp³-hybridized carbons (Fsp3) is 0.294. The first-order valence-electron chi connectivity index (χ1n) is 7.46. The Labute approximate surface area is 143 Å². The van der Waals surface area contributed by atoms with Crippen molar-refractivity contribution in [1.29, 1.82) is 0 Å². The molecule has 0 saturated heterocycles. The molecule has 0 bridgehead atoms. The summed E-state index contributed by atoms with van der Waals surface area (Å²) in [5.74, 6) is -0.573. The zero-order valence-corrected chi connectivity index (χ0v) is 13.5. The van der Waals surface area contributed by atoms with Gasteiger partial charge in [0.15, 0.2) is 6.61 Å². The summed E-state index contributed by atoms with van der Waals surface area (Å²) in [4.78, 5) is 16.1. The Hall–Kier alpha value is -2.61. The van der Waals surface area contributed by atoms with Crippen LogP contribution >= 0.6 is 0 Å². The van der Waals surface area contributed by atoms with E-state index in [-0.39, 0.29) is 12.4 Å². The summed E-state index contributed by atoms with van der Waals surface area (Å²) in [6.45, 7) is 0.246. The topological polar surface area (TPSA) is 77.2 Å². The van der Waals surface area contributed by atoms with Gasteiger partial charge in [0.2, 0.25) is 11.8 Å². The second-order valence-corrected chi connectivity index (χ2v) is 5.66. The van der Waals surface area contributed by atoms with Gasteiger partial charge in [-0.2, -0.15) is 13.2 Å². The van der Waals surface area contributed by atoms with Crippen LogP contribution in [0.5, 0.6) is 5.88 Å². The fourth-order valence-electron chi connectivity index (χ4n) is 2.08. The highest BCUT2D eigenvalue weighted by atomic mass is 19.4. The smallest absolute Gasteiger partial charge is 0.422 e. The van der Waals surface area contributed by atoms with E-state index in [0.717, 1.165) is 0 Å². The molecule has 3 N–H and O–H groups in total. The molecule has 0 radical (unpaired) electrons. The maximum absolute atomic E-state index is 12.3. The summed E-state index contributed by atoms with van der Waals surface area (Å²) in [6, 6.07) is 11.8. The molecule has 0 aliphatic carbocycles. The van der Waals surface area contributed by atoms with Gasteiger partial charge >= 0.3 is 6.18 Å². The number of nitrogens with zero attached hydrogens (tertiary/aromatic N) is 1. The Morgan fingerprint density at radius 3 is 2.56 bits per heavy atom. The number of pyridine rings is 1. The third-order valence-corrected chi connectivity index (χ3v) is 3.48. The molecule has 1 unspecified atom stereocenters. The molecule has 1 heterocycles. The van der Waals surface area contributed by atoms with E-state index in [1.54, 1.807) is 37.3 Å². The summed E-state index contributed by atoms with van der Waals surface area (Å²) >= 11 is 0. The molecule has 0 spiro atoms. The predicted molar refractivity (Wildman–Crippen MR) is 85.6 cm³/mol. The highest BCUT2D eigenvalue weighted by Crippen LogP contribution is 2.19. The van der Waals surface area contributed by atoms with Crippen LogP contribution in [0.25, 0.3) is 0 Å². The van der Waals surface area contributed by atoms with E-state index in [9.17, 15) is 18.0 Å². The summed E-state index contributed by atoms with van der Waals surface area (Å²) in [5, 5.41) is 2.67. The molecule has 1 amide bonds. The Kier molecular flexibility index (Phi) is 5.63. The van der Waals surface area contributed by atoms with Crippen LogP contribution in [0.4, 0.5) is 13.2 Å². The highest BCUT2D eigenvalue weighted by molar-refractivity contribution is 5.86. The van der Waals surface area contributed by atoms with Crippen LogP contribution in [0, 0.1) is 0 Å². The molecule has 2 rings (SSSR count). The predicted octanol–water partition coefficient (Wildman–Crippen LogP) is 2.51. The molecule has 8 heteroatoms. The third-order valence-electron chi connectivity index (χ3n) is 3.48. The largest absolute Gasteiger partial charge is 0.468 e. The van der Waals surface area contributed by atoms with Gasteiger partial charge in [0.1, 0.15) is 5.54 Å². The first-order valence-corrected chi connectivity index (χ1v) is 7.46. The molecule has 1 aromatic carbocycles. The SMILES string of the molecule is CC(N)(C(=O)NCc1ccnc(OCC(F)(F)F)c1)c1ccccc1. The van der Waals surface area contributed by atoms with Gasteiger partial charge in [0, 0.05) is 18.8 Å². The molecule has 2 aromatic rings. The first-order chi connectivity index (χ1) is 11.7. The van der Waals surface area contributed by atoms with Crippen molar-refractivity contribution in [3.8, 4) is 5.88 Å². The highest BCUT2D eigenvalue weighted by Gasteiger charge is 2.30. The Morgan fingerprint density at radius 2 is 1.92 bits per heavy atom. The molecule has 0 saturated carbocycles. The third kappa shape index (κ3) is 5.46. The number of carbonyl (C=O) groups is 1. The van der Waals surface area contributed by atoms with Crippen molar-refractivity contribution >= 4 is 5.91 Å². The zero-order chi connectivity index (χ0) is 18.5. The lowest BCUT2D eigenvalue weighted by Gasteiger charge is -2.24. The molecule has 1 atom stereocenters. The zero-order valence-electron chi connectivity index (χ0n) is 13.5. The fourth-order valence-corrected chi connectivity index (χ4v) is 2.08. The first kappa shape index (κ1) is 18.7. The number of nitrogens with one attached hydrogen (secondary N) is 1. The van der Waals surface area contributed by atoms with Crippen LogP contribution in [0.2, 0.25) is 0 Å². The molecule has 0 aliphatic heterocycles. The lowest BCUT2D eigenvalue weighted by Crippen LogP contribution is -2.48. The molecule has 5 nitrogen and oxygen atoms in total. The number of benzene rings is 1. The summed E-state index contributed by atoms with van der Waals surface area (Å²) in [6.07, 6.45) is -3.13. The Balaban J connectivity index is 1.98. The van der Waals surface area contributed by atoms with E-state index in [2.05, 4.69) is 15.0 Å². The average molecular weight is 353 g/mol. The van der Waals surface area contributed by atoms with Crippen LogP contribution in [-0.4, -0.2) is 23.7 Å². The average Bonchev–Trinajstić information content (AvgIpc) is 2.58. The van der Waals surface area contributed by atoms with Crippen LogP contribution in [0.1, 0.15) is 18.1 Å². The van der Waals surface area contributed by atoms with Crippen molar-refractivity contribution in [2.24, 2.45) is 5.73 Å². The van der Waals surface area contributed by atoms with Gasteiger partial charge < -0.3 is 15.8 Å². The Bertz CT molecular complexity index is 719. The number of hydrogen-bond donors (Lipinski definition) is 2. The molecule has 0 aliphatic rings. The van der Waals surface area contributed by atoms with Gasteiger partial charge in [-0.25, -0.2) is 4.98 Å². The summed E-state index contributed by atoms with van der Waals surface area (Å²) in [7, 11) is 0. The van der Waals surface area contributed by atoms with Gasteiger partial charge in [-0.3, -0.25) is 4.79 Å². The molecule has 1 aromatic heterocycles. The van der Waals surface area contributed by atoms with Crippen molar-refractivity contribution in [1.82, 2.24) is 10.3 Å².